The molecule has 6 nitrogen and oxygen atoms in total. The summed E-state index contributed by atoms with van der Waals surface area (Å²) in [5, 5.41) is 4.80. The van der Waals surface area contributed by atoms with Gasteiger partial charge in [0.05, 0.1) is 6.54 Å². The zero-order valence-electron chi connectivity index (χ0n) is 9.73. The summed E-state index contributed by atoms with van der Waals surface area (Å²) >= 11 is 1.40. The number of nitrogens with zero attached hydrogens (tertiary/aromatic N) is 2. The average molecular weight is 265 g/mol. The van der Waals surface area contributed by atoms with Gasteiger partial charge in [0.15, 0.2) is 0 Å². The van der Waals surface area contributed by atoms with Crippen LogP contribution in [0.2, 0.25) is 0 Å². The van der Waals surface area contributed by atoms with Crippen LogP contribution in [-0.4, -0.2) is 27.7 Å². The Kier molecular flexibility index (Phi) is 2.28. The summed E-state index contributed by atoms with van der Waals surface area (Å²) in [7, 11) is 0. The van der Waals surface area contributed by atoms with E-state index in [0.29, 0.717) is 17.8 Å². The third kappa shape index (κ3) is 1.54. The molecule has 0 aromatic carbocycles. The largest absolute Gasteiger partial charge is 0.331 e. The Balaban J connectivity index is 1.85. The number of hydrogen-bond donors (Lipinski definition) is 1. The SMILES string of the molecule is Cc1csc(CN2C(=O)NC(=O)C3(CC3)C2=O)n1. The number of carbonyl (C=O) groups is 3. The van der Waals surface area contributed by atoms with Gasteiger partial charge in [0, 0.05) is 11.1 Å². The topological polar surface area (TPSA) is 79.4 Å². The van der Waals surface area contributed by atoms with Gasteiger partial charge in [-0.1, -0.05) is 0 Å². The monoisotopic (exact) mass is 265 g/mol. The number of imide groups is 2. The molecule has 0 radical (unpaired) electrons. The van der Waals surface area contributed by atoms with E-state index in [2.05, 4.69) is 10.3 Å². The van der Waals surface area contributed by atoms with Crippen LogP contribution in [0, 0.1) is 12.3 Å². The lowest BCUT2D eigenvalue weighted by molar-refractivity contribution is -0.145. The van der Waals surface area contributed by atoms with Gasteiger partial charge < -0.3 is 0 Å². The minimum absolute atomic E-state index is 0.137. The highest BCUT2D eigenvalue weighted by Gasteiger charge is 2.62. The van der Waals surface area contributed by atoms with Crippen molar-refractivity contribution in [3.05, 3.63) is 16.1 Å². The summed E-state index contributed by atoms with van der Waals surface area (Å²) < 4.78 is 0. The van der Waals surface area contributed by atoms with Crippen molar-refractivity contribution in [1.29, 1.82) is 0 Å². The summed E-state index contributed by atoms with van der Waals surface area (Å²) in [6.07, 6.45) is 1.05. The number of aromatic nitrogens is 1. The fourth-order valence-electron chi connectivity index (χ4n) is 2.05. The van der Waals surface area contributed by atoms with Crippen LogP contribution < -0.4 is 5.32 Å². The van der Waals surface area contributed by atoms with Crippen molar-refractivity contribution in [2.45, 2.75) is 26.3 Å². The number of carbonyl (C=O) groups excluding carboxylic acids is 3. The number of urea groups is 1. The summed E-state index contributed by atoms with van der Waals surface area (Å²) in [4.78, 5) is 40.8. The van der Waals surface area contributed by atoms with E-state index >= 15 is 0 Å². The second kappa shape index (κ2) is 3.61. The number of thiazole rings is 1. The standard InChI is InChI=1S/C11H11N3O3S/c1-6-5-18-7(12-6)4-14-9(16)11(2-3-11)8(15)13-10(14)17/h5H,2-4H2,1H3,(H,13,15,17). The zero-order chi connectivity index (χ0) is 12.9. The van der Waals surface area contributed by atoms with Crippen molar-refractivity contribution in [2.24, 2.45) is 5.41 Å². The Hall–Kier alpha value is -1.76. The molecule has 0 unspecified atom stereocenters. The number of nitrogens with one attached hydrogen (secondary N) is 1. The van der Waals surface area contributed by atoms with E-state index in [-0.39, 0.29) is 12.5 Å². The minimum atomic E-state index is -0.972. The first kappa shape index (κ1) is 11.3. The molecule has 1 aromatic heterocycles. The highest BCUT2D eigenvalue weighted by molar-refractivity contribution is 7.09. The Morgan fingerprint density at radius 1 is 1.44 bits per heavy atom. The Bertz CT molecular complexity index is 562. The molecule has 1 aliphatic heterocycles. The van der Waals surface area contributed by atoms with Gasteiger partial charge in [0.25, 0.3) is 0 Å². The molecule has 1 N–H and O–H groups in total. The van der Waals surface area contributed by atoms with Crippen LogP contribution in [0.1, 0.15) is 23.5 Å². The van der Waals surface area contributed by atoms with Crippen LogP contribution in [0.15, 0.2) is 5.38 Å². The maximum Gasteiger partial charge on any atom is 0.331 e. The molecule has 1 aromatic rings. The number of barbiturate groups is 1. The van der Waals surface area contributed by atoms with Crippen LogP contribution >= 0.6 is 11.3 Å². The second-order valence-electron chi connectivity index (χ2n) is 4.62. The van der Waals surface area contributed by atoms with Gasteiger partial charge in [-0.3, -0.25) is 19.8 Å². The van der Waals surface area contributed by atoms with Gasteiger partial charge in [-0.15, -0.1) is 11.3 Å². The number of aryl methyl sites for hydroxylation is 1. The third-order valence-corrected chi connectivity index (χ3v) is 4.22. The van der Waals surface area contributed by atoms with Crippen molar-refractivity contribution in [2.75, 3.05) is 0 Å². The van der Waals surface area contributed by atoms with Gasteiger partial charge in [0.2, 0.25) is 11.8 Å². The zero-order valence-corrected chi connectivity index (χ0v) is 10.5. The van der Waals surface area contributed by atoms with Crippen LogP contribution in [0.3, 0.4) is 0 Å². The first-order valence-electron chi connectivity index (χ1n) is 5.61. The predicted molar refractivity (Wildman–Crippen MR) is 62.6 cm³/mol. The van der Waals surface area contributed by atoms with Crippen LogP contribution in [-0.2, 0) is 16.1 Å². The summed E-state index contributed by atoms with van der Waals surface area (Å²) in [6, 6.07) is -0.643. The van der Waals surface area contributed by atoms with Crippen LogP contribution in [0.25, 0.3) is 0 Å². The van der Waals surface area contributed by atoms with E-state index in [4.69, 9.17) is 0 Å². The number of hydrogen-bond acceptors (Lipinski definition) is 5. The van der Waals surface area contributed by atoms with Gasteiger partial charge in [-0.05, 0) is 19.8 Å². The van der Waals surface area contributed by atoms with Crippen LogP contribution in [0.5, 0.6) is 0 Å². The maximum absolute atomic E-state index is 12.2. The van der Waals surface area contributed by atoms with E-state index in [0.717, 1.165) is 10.6 Å². The second-order valence-corrected chi connectivity index (χ2v) is 5.56. The molecule has 2 aliphatic rings. The predicted octanol–water partition coefficient (Wildman–Crippen LogP) is 0.810. The molecule has 1 saturated carbocycles. The van der Waals surface area contributed by atoms with E-state index in [9.17, 15) is 14.4 Å². The van der Waals surface area contributed by atoms with Crippen molar-refractivity contribution < 1.29 is 14.4 Å². The molecule has 4 amide bonds. The van der Waals surface area contributed by atoms with Gasteiger partial charge in [0.1, 0.15) is 10.4 Å². The number of amides is 4. The van der Waals surface area contributed by atoms with Gasteiger partial charge >= 0.3 is 6.03 Å². The van der Waals surface area contributed by atoms with Crippen molar-refractivity contribution in [3.8, 4) is 0 Å². The number of rotatable bonds is 2. The average Bonchev–Trinajstić information content (AvgIpc) is 3.02. The van der Waals surface area contributed by atoms with E-state index in [1.165, 1.54) is 11.3 Å². The summed E-state index contributed by atoms with van der Waals surface area (Å²) in [5.41, 5.74) is -0.114. The molecule has 3 rings (SSSR count). The summed E-state index contributed by atoms with van der Waals surface area (Å²) in [6.45, 7) is 1.99. The molecule has 2 fully saturated rings. The Morgan fingerprint density at radius 3 is 2.72 bits per heavy atom. The molecule has 0 atom stereocenters. The highest BCUT2D eigenvalue weighted by atomic mass is 32.1. The normalized spacial score (nSPS) is 21.4. The van der Waals surface area contributed by atoms with Gasteiger partial charge in [-0.2, -0.15) is 0 Å². The molecule has 0 bridgehead atoms. The molecular weight excluding hydrogens is 254 g/mol. The van der Waals surface area contributed by atoms with Crippen LogP contribution in [0.4, 0.5) is 4.79 Å². The van der Waals surface area contributed by atoms with Crippen molar-refractivity contribution >= 4 is 29.2 Å². The molecule has 1 saturated heterocycles. The fraction of sp³-hybridized carbons (Fsp3) is 0.455. The quantitative estimate of drug-likeness (QED) is 0.802. The summed E-state index contributed by atoms with van der Waals surface area (Å²) in [5.74, 6) is -0.840. The molecule has 1 aliphatic carbocycles. The molecule has 18 heavy (non-hydrogen) atoms. The highest BCUT2D eigenvalue weighted by Crippen LogP contribution is 2.49. The lowest BCUT2D eigenvalue weighted by atomic mass is 10.0. The van der Waals surface area contributed by atoms with Gasteiger partial charge in [-0.25, -0.2) is 9.78 Å². The molecular formula is C11H11N3O3S. The van der Waals surface area contributed by atoms with Crippen molar-refractivity contribution in [1.82, 2.24) is 15.2 Å². The molecule has 7 heteroatoms. The first-order valence-corrected chi connectivity index (χ1v) is 6.49. The molecule has 1 spiro atoms. The maximum atomic E-state index is 12.2. The first-order chi connectivity index (χ1) is 8.53. The van der Waals surface area contributed by atoms with E-state index in [1.54, 1.807) is 0 Å². The van der Waals surface area contributed by atoms with E-state index < -0.39 is 17.4 Å². The minimum Gasteiger partial charge on any atom is -0.277 e. The Morgan fingerprint density at radius 2 is 2.17 bits per heavy atom. The molecule has 2 heterocycles. The van der Waals surface area contributed by atoms with E-state index in [1.807, 2.05) is 12.3 Å². The lowest BCUT2D eigenvalue weighted by Gasteiger charge is -2.29. The third-order valence-electron chi connectivity index (χ3n) is 3.26. The lowest BCUT2D eigenvalue weighted by Crippen LogP contribution is -2.58. The van der Waals surface area contributed by atoms with Crippen molar-refractivity contribution in [3.63, 3.8) is 0 Å². The smallest absolute Gasteiger partial charge is 0.277 e. The Labute approximate surface area is 107 Å². The fourth-order valence-corrected chi connectivity index (χ4v) is 2.81. The molecule has 94 valence electrons.